The molecule has 3 aromatic rings. The smallest absolute Gasteiger partial charge is 0.351 e. The topological polar surface area (TPSA) is 155 Å². The molecule has 1 aromatic carbocycles. The Morgan fingerprint density at radius 3 is 2.38 bits per heavy atom. The lowest BCUT2D eigenvalue weighted by Crippen LogP contribution is -2.50. The molecule has 2 aromatic heterocycles. The standard InChI is InChI=1S/C40H54F2N10O3/c1-24-19-50(37(44)8-7-34(43)40(54)55)20-25(2)32(24)22-48-13-9-29(10-14-48)52-35-11-15-49(26(3)53)23-33(35)39(46-52)51-12-5-6-27-16-30(28-18-45-47(4)21-28)31(38(41)42)17-36(27)51/h7-8,16-18,21,24-25,29,32,38H,5-6,9-15,19-20,22-23,43-44H2,1-4H3,(H,54,55)/b34-7-,37-8+. The van der Waals surface area contributed by atoms with Gasteiger partial charge in [-0.15, -0.1) is 0 Å². The molecule has 1 amide bonds. The first kappa shape index (κ1) is 38.4. The summed E-state index contributed by atoms with van der Waals surface area (Å²) in [5.41, 5.74) is 16.8. The van der Waals surface area contributed by atoms with E-state index in [1.54, 1.807) is 43.2 Å². The average molecular weight is 761 g/mol. The molecule has 55 heavy (non-hydrogen) atoms. The van der Waals surface area contributed by atoms with Crippen molar-refractivity contribution in [1.82, 2.24) is 34.3 Å². The van der Waals surface area contributed by atoms with Crippen molar-refractivity contribution in [2.45, 2.75) is 71.9 Å². The molecule has 0 aliphatic carbocycles. The minimum atomic E-state index is -2.66. The Morgan fingerprint density at radius 2 is 1.75 bits per heavy atom. The van der Waals surface area contributed by atoms with Gasteiger partial charge in [-0.05, 0) is 78.8 Å². The number of aryl methyl sites for hydroxylation is 2. The van der Waals surface area contributed by atoms with E-state index in [0.29, 0.717) is 60.8 Å². The van der Waals surface area contributed by atoms with Gasteiger partial charge in [0.25, 0.3) is 6.43 Å². The van der Waals surface area contributed by atoms with Crippen LogP contribution < -0.4 is 16.4 Å². The van der Waals surface area contributed by atoms with Crippen molar-refractivity contribution in [3.63, 3.8) is 0 Å². The van der Waals surface area contributed by atoms with Crippen molar-refractivity contribution >= 4 is 23.4 Å². The zero-order valence-electron chi connectivity index (χ0n) is 32.3. The molecule has 13 nitrogen and oxygen atoms in total. The summed E-state index contributed by atoms with van der Waals surface area (Å²) < 4.78 is 33.2. The van der Waals surface area contributed by atoms with E-state index in [4.69, 9.17) is 21.7 Å². The van der Waals surface area contributed by atoms with Gasteiger partial charge in [-0.1, -0.05) is 13.8 Å². The third kappa shape index (κ3) is 7.80. The van der Waals surface area contributed by atoms with E-state index < -0.39 is 12.4 Å². The number of carboxylic acid groups (broad SMARTS) is 1. The molecular formula is C40H54F2N10O3. The number of likely N-dealkylation sites (tertiary alicyclic amines) is 2. The number of benzene rings is 1. The second-order valence-corrected chi connectivity index (χ2v) is 16.0. The van der Waals surface area contributed by atoms with E-state index in [0.717, 1.165) is 86.7 Å². The molecule has 0 radical (unpaired) electrons. The Bertz CT molecular complexity index is 1970. The molecule has 6 heterocycles. The highest BCUT2D eigenvalue weighted by Crippen LogP contribution is 2.44. The van der Waals surface area contributed by atoms with Crippen LogP contribution in [0, 0.1) is 17.8 Å². The molecule has 0 saturated carbocycles. The van der Waals surface area contributed by atoms with Crippen LogP contribution in [0.2, 0.25) is 0 Å². The average Bonchev–Trinajstić information content (AvgIpc) is 3.77. The summed E-state index contributed by atoms with van der Waals surface area (Å²) >= 11 is 0. The molecule has 296 valence electrons. The number of nitrogens with zero attached hydrogens (tertiary/aromatic N) is 8. The molecule has 2 atom stereocenters. The Labute approximate surface area is 321 Å². The fourth-order valence-corrected chi connectivity index (χ4v) is 9.24. The van der Waals surface area contributed by atoms with E-state index in [2.05, 4.69) is 38.3 Å². The number of aromatic nitrogens is 4. The predicted octanol–water partition coefficient (Wildman–Crippen LogP) is 4.78. The Morgan fingerprint density at radius 1 is 1.02 bits per heavy atom. The molecular weight excluding hydrogens is 707 g/mol. The van der Waals surface area contributed by atoms with Crippen molar-refractivity contribution in [3.8, 4) is 11.1 Å². The summed E-state index contributed by atoms with van der Waals surface area (Å²) in [6, 6.07) is 3.76. The third-order valence-corrected chi connectivity index (χ3v) is 12.3. The Hall–Kier alpha value is -4.92. The summed E-state index contributed by atoms with van der Waals surface area (Å²) in [5.74, 6) is 1.41. The maximum atomic E-state index is 14.7. The number of hydrogen-bond donors (Lipinski definition) is 3. The van der Waals surface area contributed by atoms with Crippen LogP contribution in [0.15, 0.2) is 48.2 Å². The number of piperidine rings is 2. The summed E-state index contributed by atoms with van der Waals surface area (Å²) in [7, 11) is 1.78. The number of halogens is 2. The van der Waals surface area contributed by atoms with Crippen LogP contribution in [0.3, 0.4) is 0 Å². The van der Waals surface area contributed by atoms with E-state index in [1.165, 1.54) is 6.08 Å². The van der Waals surface area contributed by atoms with Crippen molar-refractivity contribution in [1.29, 1.82) is 0 Å². The molecule has 2 fully saturated rings. The number of carbonyl (C=O) groups excluding carboxylic acids is 1. The van der Waals surface area contributed by atoms with Crippen LogP contribution in [0.4, 0.5) is 20.3 Å². The summed E-state index contributed by atoms with van der Waals surface area (Å²) in [6.45, 7) is 12.3. The first-order valence-electron chi connectivity index (χ1n) is 19.5. The number of rotatable bonds is 9. The van der Waals surface area contributed by atoms with Crippen LogP contribution in [-0.4, -0.2) is 97.1 Å². The normalized spacial score (nSPS) is 23.0. The highest BCUT2D eigenvalue weighted by atomic mass is 19.3. The second-order valence-electron chi connectivity index (χ2n) is 16.0. The molecule has 7 rings (SSSR count). The molecule has 4 aliphatic heterocycles. The maximum absolute atomic E-state index is 14.7. The maximum Gasteiger partial charge on any atom is 0.351 e. The van der Waals surface area contributed by atoms with Crippen molar-refractivity contribution in [2.24, 2.45) is 36.3 Å². The van der Waals surface area contributed by atoms with Gasteiger partial charge in [0, 0.05) is 100 Å². The van der Waals surface area contributed by atoms with Gasteiger partial charge in [-0.3, -0.25) is 14.2 Å². The van der Waals surface area contributed by atoms with Gasteiger partial charge >= 0.3 is 5.97 Å². The van der Waals surface area contributed by atoms with Gasteiger partial charge in [-0.25, -0.2) is 13.6 Å². The highest BCUT2D eigenvalue weighted by Gasteiger charge is 2.37. The molecule has 15 heteroatoms. The first-order chi connectivity index (χ1) is 26.3. The fourth-order valence-electron chi connectivity index (χ4n) is 9.24. The summed E-state index contributed by atoms with van der Waals surface area (Å²) in [6.07, 6.45) is 7.91. The number of fused-ring (bicyclic) bond motifs is 2. The van der Waals surface area contributed by atoms with Crippen molar-refractivity contribution in [2.75, 3.05) is 50.7 Å². The molecule has 2 unspecified atom stereocenters. The fraction of sp³-hybridized carbons (Fsp3) is 0.550. The van der Waals surface area contributed by atoms with Gasteiger partial charge in [0.2, 0.25) is 5.91 Å². The number of amides is 1. The molecule has 2 saturated heterocycles. The Kier molecular flexibility index (Phi) is 10.9. The lowest BCUT2D eigenvalue weighted by molar-refractivity contribution is -0.132. The van der Waals surface area contributed by atoms with Gasteiger partial charge in [-0.2, -0.15) is 10.2 Å². The quantitative estimate of drug-likeness (QED) is 0.205. The van der Waals surface area contributed by atoms with Crippen molar-refractivity contribution in [3.05, 3.63) is 70.6 Å². The monoisotopic (exact) mass is 760 g/mol. The lowest BCUT2D eigenvalue weighted by atomic mass is 9.79. The van der Waals surface area contributed by atoms with Crippen LogP contribution in [0.1, 0.15) is 74.9 Å². The SMILES string of the molecule is CC(=O)N1CCc2c(c(N3CCCc4cc(-c5cnn(C)c5)c(C(F)F)cc43)nn2C2CCN(CC3C(C)CN(/C(N)=C/C=C(\N)C(=O)O)CC3C)CC2)C1. The van der Waals surface area contributed by atoms with Crippen LogP contribution in [-0.2, 0) is 36.0 Å². The van der Waals surface area contributed by atoms with Gasteiger partial charge < -0.3 is 36.2 Å². The summed E-state index contributed by atoms with van der Waals surface area (Å²) in [5, 5.41) is 18.6. The van der Waals surface area contributed by atoms with Gasteiger partial charge in [0.15, 0.2) is 5.82 Å². The minimum absolute atomic E-state index is 0.0167. The van der Waals surface area contributed by atoms with Gasteiger partial charge in [0.05, 0.1) is 24.6 Å². The Balaban J connectivity index is 1.09. The number of allylic oxidation sites excluding steroid dienone is 2. The van der Waals surface area contributed by atoms with E-state index in [1.807, 2.05) is 11.0 Å². The minimum Gasteiger partial charge on any atom is -0.477 e. The number of anilines is 2. The number of carbonyl (C=O) groups is 2. The lowest BCUT2D eigenvalue weighted by Gasteiger charge is -2.45. The number of nitrogens with two attached hydrogens (primary N) is 2. The summed E-state index contributed by atoms with van der Waals surface area (Å²) in [4.78, 5) is 32.4. The highest BCUT2D eigenvalue weighted by molar-refractivity contribution is 5.85. The first-order valence-corrected chi connectivity index (χ1v) is 19.5. The number of aliphatic carboxylic acids is 1. The van der Waals surface area contributed by atoms with Crippen LogP contribution in [0.25, 0.3) is 11.1 Å². The second kappa shape index (κ2) is 15.7. The largest absolute Gasteiger partial charge is 0.477 e. The predicted molar refractivity (Wildman–Crippen MR) is 206 cm³/mol. The molecule has 0 spiro atoms. The third-order valence-electron chi connectivity index (χ3n) is 12.3. The molecule has 4 aliphatic rings. The van der Waals surface area contributed by atoms with Crippen molar-refractivity contribution < 1.29 is 23.5 Å². The molecule has 5 N–H and O–H groups in total. The van der Waals surface area contributed by atoms with Crippen LogP contribution in [0.5, 0.6) is 0 Å². The van der Waals surface area contributed by atoms with E-state index in [-0.39, 0.29) is 23.2 Å². The number of alkyl halides is 2. The van der Waals surface area contributed by atoms with E-state index in [9.17, 15) is 18.4 Å². The van der Waals surface area contributed by atoms with E-state index >= 15 is 0 Å². The zero-order chi connectivity index (χ0) is 39.1. The van der Waals surface area contributed by atoms with Gasteiger partial charge in [0.1, 0.15) is 5.70 Å². The molecule has 0 bridgehead atoms. The van der Waals surface area contributed by atoms with Crippen LogP contribution >= 0.6 is 0 Å². The zero-order valence-corrected chi connectivity index (χ0v) is 32.3. The number of carboxylic acids is 1. The number of hydrogen-bond acceptors (Lipinski definition) is 9.